The van der Waals surface area contributed by atoms with E-state index in [0.29, 0.717) is 5.75 Å². The average molecular weight is 294 g/mol. The zero-order valence-corrected chi connectivity index (χ0v) is 12.6. The maximum Gasteiger partial charge on any atom is 0.308 e. The van der Waals surface area contributed by atoms with Crippen LogP contribution in [0, 0.1) is 5.92 Å². The van der Waals surface area contributed by atoms with Gasteiger partial charge in [0.05, 0.1) is 20.1 Å². The third kappa shape index (κ3) is 3.04. The topological polar surface area (TPSA) is 55.8 Å². The van der Waals surface area contributed by atoms with E-state index in [9.17, 15) is 9.90 Å². The minimum absolute atomic E-state index is 0.104. The largest absolute Gasteiger partial charge is 0.504 e. The van der Waals surface area contributed by atoms with Crippen LogP contribution in [-0.4, -0.2) is 25.3 Å². The van der Waals surface area contributed by atoms with Crippen LogP contribution in [0.4, 0.5) is 0 Å². The van der Waals surface area contributed by atoms with Crippen LogP contribution in [0.15, 0.2) is 18.2 Å². The molecule has 4 nitrogen and oxygen atoms in total. The Morgan fingerprint density at radius 2 is 2.10 bits per heavy atom. The number of thiophene rings is 1. The number of carbonyl (C=O) groups excluding carboxylic acids is 1. The molecular weight excluding hydrogens is 276 g/mol. The molecule has 20 heavy (non-hydrogen) atoms. The summed E-state index contributed by atoms with van der Waals surface area (Å²) in [5, 5.41) is 10.8. The van der Waals surface area contributed by atoms with Crippen molar-refractivity contribution in [1.29, 1.82) is 0 Å². The highest BCUT2D eigenvalue weighted by molar-refractivity contribution is 7.19. The molecule has 1 aromatic heterocycles. The predicted molar refractivity (Wildman–Crippen MR) is 79.5 cm³/mol. The van der Waals surface area contributed by atoms with Gasteiger partial charge in [0, 0.05) is 15.6 Å². The van der Waals surface area contributed by atoms with E-state index < -0.39 is 0 Å². The Morgan fingerprint density at radius 3 is 2.75 bits per heavy atom. The lowest BCUT2D eigenvalue weighted by Crippen LogP contribution is -2.13. The van der Waals surface area contributed by atoms with E-state index in [2.05, 4.69) is 0 Å². The Labute approximate surface area is 121 Å². The number of carbonyl (C=O) groups is 1. The van der Waals surface area contributed by atoms with Crippen molar-refractivity contribution in [3.8, 4) is 11.5 Å². The first-order chi connectivity index (χ1) is 9.55. The molecule has 0 saturated heterocycles. The number of aryl methyl sites for hydroxylation is 1. The first kappa shape index (κ1) is 14.7. The summed E-state index contributed by atoms with van der Waals surface area (Å²) in [6.45, 7) is 1.87. The summed E-state index contributed by atoms with van der Waals surface area (Å²) in [5.41, 5.74) is 0. The van der Waals surface area contributed by atoms with Crippen LogP contribution in [0.2, 0.25) is 0 Å². The molecule has 0 radical (unpaired) electrons. The summed E-state index contributed by atoms with van der Waals surface area (Å²) < 4.78 is 10.9. The third-order valence-electron chi connectivity index (χ3n) is 3.30. The lowest BCUT2D eigenvalue weighted by Gasteiger charge is -2.07. The molecule has 0 saturated carbocycles. The fourth-order valence-corrected chi connectivity index (χ4v) is 3.17. The molecule has 1 atom stereocenters. The molecule has 0 unspecified atom stereocenters. The fourth-order valence-electron chi connectivity index (χ4n) is 2.08. The van der Waals surface area contributed by atoms with Crippen LogP contribution >= 0.6 is 11.3 Å². The van der Waals surface area contributed by atoms with Gasteiger partial charge in [-0.3, -0.25) is 4.79 Å². The first-order valence-electron chi connectivity index (χ1n) is 6.42. The molecular formula is C15H18O4S. The van der Waals surface area contributed by atoms with E-state index >= 15 is 0 Å². The Bertz CT molecular complexity index is 618. The summed E-state index contributed by atoms with van der Waals surface area (Å²) in [4.78, 5) is 12.5. The molecule has 5 heteroatoms. The van der Waals surface area contributed by atoms with Crippen molar-refractivity contribution in [2.45, 2.75) is 19.8 Å². The number of benzene rings is 1. The monoisotopic (exact) mass is 294 g/mol. The first-order valence-corrected chi connectivity index (χ1v) is 7.24. The van der Waals surface area contributed by atoms with Crippen molar-refractivity contribution < 1.29 is 19.4 Å². The number of phenolic OH excluding ortho intramolecular Hbond substituents is 1. The standard InChI is InChI=1S/C15H18O4S/c1-9(15(17)19-3)4-5-11-6-10-7-12(16)13(18-2)8-14(10)20-11/h6-9,16H,4-5H2,1-3H3/t9-/m0/s1. The highest BCUT2D eigenvalue weighted by Gasteiger charge is 2.14. The Hall–Kier alpha value is -1.75. The number of aromatic hydroxyl groups is 1. The molecule has 1 N–H and O–H groups in total. The second-order valence-corrected chi connectivity index (χ2v) is 5.91. The smallest absolute Gasteiger partial charge is 0.308 e. The molecule has 1 aromatic carbocycles. The maximum atomic E-state index is 11.4. The van der Waals surface area contributed by atoms with Gasteiger partial charge >= 0.3 is 5.97 Å². The van der Waals surface area contributed by atoms with E-state index in [1.807, 2.05) is 19.1 Å². The van der Waals surface area contributed by atoms with Crippen LogP contribution in [0.25, 0.3) is 10.1 Å². The van der Waals surface area contributed by atoms with Gasteiger partial charge in [0.1, 0.15) is 0 Å². The molecule has 0 fully saturated rings. The minimum atomic E-state index is -0.176. The Balaban J connectivity index is 2.14. The number of hydrogen-bond donors (Lipinski definition) is 1. The van der Waals surface area contributed by atoms with Crippen LogP contribution < -0.4 is 4.74 Å². The third-order valence-corrected chi connectivity index (χ3v) is 4.45. The fraction of sp³-hybridized carbons (Fsp3) is 0.400. The highest BCUT2D eigenvalue weighted by Crippen LogP contribution is 2.36. The van der Waals surface area contributed by atoms with Gasteiger partial charge in [-0.1, -0.05) is 6.92 Å². The summed E-state index contributed by atoms with van der Waals surface area (Å²) in [6, 6.07) is 5.59. The molecule has 0 bridgehead atoms. The van der Waals surface area contributed by atoms with Crippen LogP contribution in [-0.2, 0) is 16.0 Å². The molecule has 0 aliphatic carbocycles. The van der Waals surface area contributed by atoms with Crippen molar-refractivity contribution in [3.63, 3.8) is 0 Å². The van der Waals surface area contributed by atoms with E-state index in [1.165, 1.54) is 19.1 Å². The van der Waals surface area contributed by atoms with Crippen LogP contribution in [0.5, 0.6) is 11.5 Å². The number of ether oxygens (including phenoxy) is 2. The maximum absolute atomic E-state index is 11.4. The SMILES string of the molecule is COC(=O)[C@@H](C)CCc1cc2cc(O)c(OC)cc2s1. The molecule has 0 aliphatic heterocycles. The van der Waals surface area contributed by atoms with Crippen molar-refractivity contribution in [3.05, 3.63) is 23.1 Å². The molecule has 0 spiro atoms. The van der Waals surface area contributed by atoms with Crippen molar-refractivity contribution in [1.82, 2.24) is 0 Å². The van der Waals surface area contributed by atoms with Gasteiger partial charge in [0.15, 0.2) is 11.5 Å². The van der Waals surface area contributed by atoms with E-state index in [4.69, 9.17) is 9.47 Å². The quantitative estimate of drug-likeness (QED) is 0.859. The summed E-state index contributed by atoms with van der Waals surface area (Å²) in [5.74, 6) is 0.347. The number of fused-ring (bicyclic) bond motifs is 1. The van der Waals surface area contributed by atoms with Crippen LogP contribution in [0.3, 0.4) is 0 Å². The Morgan fingerprint density at radius 1 is 1.35 bits per heavy atom. The summed E-state index contributed by atoms with van der Waals surface area (Å²) in [6.07, 6.45) is 1.57. The zero-order chi connectivity index (χ0) is 14.7. The molecule has 0 aliphatic rings. The highest BCUT2D eigenvalue weighted by atomic mass is 32.1. The molecule has 2 rings (SSSR count). The molecule has 0 amide bonds. The van der Waals surface area contributed by atoms with Gasteiger partial charge in [0.2, 0.25) is 0 Å². The van der Waals surface area contributed by atoms with E-state index in [-0.39, 0.29) is 17.6 Å². The minimum Gasteiger partial charge on any atom is -0.504 e. The number of esters is 1. The molecule has 2 aromatic rings. The van der Waals surface area contributed by atoms with Crippen molar-refractivity contribution in [2.75, 3.05) is 14.2 Å². The number of hydrogen-bond acceptors (Lipinski definition) is 5. The number of phenols is 1. The van der Waals surface area contributed by atoms with Gasteiger partial charge in [-0.15, -0.1) is 11.3 Å². The molecule has 108 valence electrons. The lowest BCUT2D eigenvalue weighted by atomic mass is 10.1. The lowest BCUT2D eigenvalue weighted by molar-refractivity contribution is -0.145. The van der Waals surface area contributed by atoms with Gasteiger partial charge < -0.3 is 14.6 Å². The summed E-state index contributed by atoms with van der Waals surface area (Å²) in [7, 11) is 2.95. The Kier molecular flexibility index (Phi) is 4.49. The summed E-state index contributed by atoms with van der Waals surface area (Å²) >= 11 is 1.65. The van der Waals surface area contributed by atoms with Gasteiger partial charge in [-0.2, -0.15) is 0 Å². The van der Waals surface area contributed by atoms with Crippen LogP contribution in [0.1, 0.15) is 18.2 Å². The van der Waals surface area contributed by atoms with Gasteiger partial charge in [-0.05, 0) is 30.4 Å². The van der Waals surface area contributed by atoms with Crippen molar-refractivity contribution in [2.24, 2.45) is 5.92 Å². The molecule has 1 heterocycles. The normalized spacial score (nSPS) is 12.3. The zero-order valence-electron chi connectivity index (χ0n) is 11.8. The average Bonchev–Trinajstić information content (AvgIpc) is 2.84. The number of methoxy groups -OCH3 is 2. The second kappa shape index (κ2) is 6.13. The van der Waals surface area contributed by atoms with E-state index in [1.54, 1.807) is 17.4 Å². The van der Waals surface area contributed by atoms with Gasteiger partial charge in [-0.25, -0.2) is 0 Å². The van der Waals surface area contributed by atoms with E-state index in [0.717, 1.165) is 22.9 Å². The number of rotatable bonds is 5. The van der Waals surface area contributed by atoms with Crippen molar-refractivity contribution >= 4 is 27.4 Å². The predicted octanol–water partition coefficient (Wildman–Crippen LogP) is 3.36. The van der Waals surface area contributed by atoms with Gasteiger partial charge in [0.25, 0.3) is 0 Å². The second-order valence-electron chi connectivity index (χ2n) is 4.74.